The summed E-state index contributed by atoms with van der Waals surface area (Å²) in [7, 11) is 3.22. The van der Waals surface area contributed by atoms with E-state index in [0.717, 1.165) is 48.3 Å². The number of carbonyl (C=O) groups is 1. The Labute approximate surface area is 215 Å². The van der Waals surface area contributed by atoms with Crippen molar-refractivity contribution in [1.29, 1.82) is 0 Å². The van der Waals surface area contributed by atoms with Crippen LogP contribution in [0.3, 0.4) is 0 Å². The lowest BCUT2D eigenvalue weighted by molar-refractivity contribution is -0.119. The van der Waals surface area contributed by atoms with Gasteiger partial charge in [-0.2, -0.15) is 0 Å². The molecule has 0 spiro atoms. The largest absolute Gasteiger partial charge is 0.493 e. The molecule has 2 aromatic carbocycles. The van der Waals surface area contributed by atoms with Gasteiger partial charge in [0.2, 0.25) is 5.91 Å². The van der Waals surface area contributed by atoms with Gasteiger partial charge in [-0.1, -0.05) is 48.0 Å². The number of rotatable bonds is 10. The Morgan fingerprint density at radius 1 is 1.03 bits per heavy atom. The molecular weight excluding hydrogens is 482 g/mol. The summed E-state index contributed by atoms with van der Waals surface area (Å²) >= 11 is 7.33. The average molecular weight is 512 g/mol. The third-order valence-corrected chi connectivity index (χ3v) is 7.53. The van der Waals surface area contributed by atoms with E-state index in [4.69, 9.17) is 21.1 Å². The van der Waals surface area contributed by atoms with Crippen LogP contribution in [0.1, 0.15) is 31.2 Å². The first-order valence-corrected chi connectivity index (χ1v) is 13.1. The first-order valence-electron chi connectivity index (χ1n) is 11.8. The molecule has 1 N–H and O–H groups in total. The van der Waals surface area contributed by atoms with Gasteiger partial charge in [0.05, 0.1) is 20.0 Å². The Balaban J connectivity index is 1.26. The number of hydrogen-bond acceptors (Lipinski definition) is 6. The van der Waals surface area contributed by atoms with E-state index in [1.807, 2.05) is 30.3 Å². The molecule has 0 bridgehead atoms. The highest BCUT2D eigenvalue weighted by molar-refractivity contribution is 7.99. The third-order valence-electron chi connectivity index (χ3n) is 6.40. The molecule has 1 amide bonds. The maximum Gasteiger partial charge on any atom is 0.230 e. The van der Waals surface area contributed by atoms with Crippen LogP contribution in [0.25, 0.3) is 11.1 Å². The van der Waals surface area contributed by atoms with Crippen molar-refractivity contribution >= 4 is 29.3 Å². The maximum absolute atomic E-state index is 12.6. The van der Waals surface area contributed by atoms with Gasteiger partial charge >= 0.3 is 0 Å². The molecule has 0 saturated heterocycles. The SMILES string of the molecule is COc1ccc(-c2cnc(SCC(=O)NC3CCCC3CCc3ccc(Cl)cc3)nc2)cc1OC. The zero-order valence-electron chi connectivity index (χ0n) is 20.0. The summed E-state index contributed by atoms with van der Waals surface area (Å²) in [6.45, 7) is 0. The zero-order valence-corrected chi connectivity index (χ0v) is 21.6. The van der Waals surface area contributed by atoms with Crippen LogP contribution in [0.2, 0.25) is 5.02 Å². The minimum absolute atomic E-state index is 0.0333. The lowest BCUT2D eigenvalue weighted by atomic mass is 9.95. The quantitative estimate of drug-likeness (QED) is 0.273. The fourth-order valence-electron chi connectivity index (χ4n) is 4.51. The predicted molar refractivity (Wildman–Crippen MR) is 140 cm³/mol. The molecule has 4 rings (SSSR count). The number of aryl methyl sites for hydroxylation is 1. The molecule has 1 fully saturated rings. The number of thioether (sulfide) groups is 1. The Bertz CT molecular complexity index is 1130. The van der Waals surface area contributed by atoms with E-state index in [2.05, 4.69) is 27.4 Å². The molecule has 1 aromatic heterocycles. The topological polar surface area (TPSA) is 73.3 Å². The van der Waals surface area contributed by atoms with Gasteiger partial charge in [0.1, 0.15) is 0 Å². The van der Waals surface area contributed by atoms with Gasteiger partial charge < -0.3 is 14.8 Å². The van der Waals surface area contributed by atoms with Crippen molar-refractivity contribution in [3.63, 3.8) is 0 Å². The lowest BCUT2D eigenvalue weighted by Crippen LogP contribution is -2.38. The highest BCUT2D eigenvalue weighted by Gasteiger charge is 2.28. The van der Waals surface area contributed by atoms with Crippen LogP contribution in [0.4, 0.5) is 0 Å². The second kappa shape index (κ2) is 12.3. The van der Waals surface area contributed by atoms with E-state index < -0.39 is 0 Å². The van der Waals surface area contributed by atoms with E-state index in [1.165, 1.54) is 17.3 Å². The van der Waals surface area contributed by atoms with Crippen LogP contribution in [-0.2, 0) is 11.2 Å². The van der Waals surface area contributed by atoms with Gasteiger partial charge in [-0.3, -0.25) is 4.79 Å². The van der Waals surface area contributed by atoms with E-state index in [1.54, 1.807) is 26.6 Å². The minimum Gasteiger partial charge on any atom is -0.493 e. The molecule has 35 heavy (non-hydrogen) atoms. The fraction of sp³-hybridized carbons (Fsp3) is 0.370. The highest BCUT2D eigenvalue weighted by atomic mass is 35.5. The maximum atomic E-state index is 12.6. The highest BCUT2D eigenvalue weighted by Crippen LogP contribution is 2.32. The molecule has 1 aliphatic rings. The summed E-state index contributed by atoms with van der Waals surface area (Å²) in [6.07, 6.45) is 8.95. The van der Waals surface area contributed by atoms with Crippen molar-refractivity contribution in [1.82, 2.24) is 15.3 Å². The summed E-state index contributed by atoms with van der Waals surface area (Å²) in [4.78, 5) is 21.5. The van der Waals surface area contributed by atoms with Crippen LogP contribution in [0.5, 0.6) is 11.5 Å². The molecule has 0 aliphatic heterocycles. The molecular formula is C27H30ClN3O3S. The molecule has 1 saturated carbocycles. The lowest BCUT2D eigenvalue weighted by Gasteiger charge is -2.21. The van der Waals surface area contributed by atoms with Gasteiger partial charge in [0.15, 0.2) is 16.7 Å². The van der Waals surface area contributed by atoms with Crippen LogP contribution in [0.15, 0.2) is 60.0 Å². The molecule has 0 radical (unpaired) electrons. The minimum atomic E-state index is 0.0333. The Morgan fingerprint density at radius 3 is 2.49 bits per heavy atom. The van der Waals surface area contributed by atoms with E-state index in [9.17, 15) is 4.79 Å². The number of halogens is 1. The zero-order chi connectivity index (χ0) is 24.6. The number of amides is 1. The number of methoxy groups -OCH3 is 2. The van der Waals surface area contributed by atoms with Crippen molar-refractivity contribution in [2.75, 3.05) is 20.0 Å². The van der Waals surface area contributed by atoms with Gasteiger partial charge in [-0.25, -0.2) is 9.97 Å². The van der Waals surface area contributed by atoms with Crippen molar-refractivity contribution < 1.29 is 14.3 Å². The number of carbonyl (C=O) groups excluding carboxylic acids is 1. The van der Waals surface area contributed by atoms with Gasteiger partial charge in [-0.15, -0.1) is 0 Å². The standard InChI is InChI=1S/C27H30ClN3O3S/c1-33-24-13-10-20(14-25(24)34-2)21-15-29-27(30-16-21)35-17-26(32)31-23-5-3-4-19(23)9-6-18-7-11-22(28)12-8-18/h7-8,10-16,19,23H,3-6,9,17H2,1-2H3,(H,31,32). The van der Waals surface area contributed by atoms with E-state index >= 15 is 0 Å². The van der Waals surface area contributed by atoms with Gasteiger partial charge in [0.25, 0.3) is 0 Å². The normalized spacial score (nSPS) is 17.2. The summed E-state index contributed by atoms with van der Waals surface area (Å²) in [5.41, 5.74) is 3.09. The Kier molecular flexibility index (Phi) is 8.88. The molecule has 2 unspecified atom stereocenters. The second-order valence-electron chi connectivity index (χ2n) is 8.64. The average Bonchev–Trinajstić information content (AvgIpc) is 3.33. The fourth-order valence-corrected chi connectivity index (χ4v) is 5.23. The van der Waals surface area contributed by atoms with Crippen molar-refractivity contribution in [2.24, 2.45) is 5.92 Å². The van der Waals surface area contributed by atoms with Crippen molar-refractivity contribution in [2.45, 2.75) is 43.3 Å². The summed E-state index contributed by atoms with van der Waals surface area (Å²) in [5, 5.41) is 4.58. The monoisotopic (exact) mass is 511 g/mol. The van der Waals surface area contributed by atoms with Crippen LogP contribution in [-0.4, -0.2) is 41.9 Å². The van der Waals surface area contributed by atoms with Crippen molar-refractivity contribution in [3.8, 4) is 22.6 Å². The number of nitrogens with zero attached hydrogens (tertiary/aromatic N) is 2. The number of benzene rings is 2. The molecule has 1 aliphatic carbocycles. The van der Waals surface area contributed by atoms with E-state index in [0.29, 0.717) is 28.3 Å². The predicted octanol–water partition coefficient (Wildman–Crippen LogP) is 5.82. The summed E-state index contributed by atoms with van der Waals surface area (Å²) in [6, 6.07) is 14.0. The smallest absolute Gasteiger partial charge is 0.230 e. The Morgan fingerprint density at radius 2 is 1.77 bits per heavy atom. The van der Waals surface area contributed by atoms with Gasteiger partial charge in [-0.05, 0) is 67.0 Å². The molecule has 184 valence electrons. The summed E-state index contributed by atoms with van der Waals surface area (Å²) < 4.78 is 10.7. The molecule has 2 atom stereocenters. The number of ether oxygens (including phenoxy) is 2. The van der Waals surface area contributed by atoms with Crippen molar-refractivity contribution in [3.05, 3.63) is 65.4 Å². The second-order valence-corrected chi connectivity index (χ2v) is 10.0. The number of hydrogen-bond donors (Lipinski definition) is 1. The Hall–Kier alpha value is -2.77. The first-order chi connectivity index (χ1) is 17.1. The van der Waals surface area contributed by atoms with E-state index in [-0.39, 0.29) is 11.9 Å². The molecule has 6 nitrogen and oxygen atoms in total. The van der Waals surface area contributed by atoms with Gasteiger partial charge in [0, 0.05) is 29.0 Å². The molecule has 8 heteroatoms. The van der Waals surface area contributed by atoms with Crippen LogP contribution >= 0.6 is 23.4 Å². The first kappa shape index (κ1) is 25.3. The summed E-state index contributed by atoms with van der Waals surface area (Å²) in [5.74, 6) is 2.17. The molecule has 3 aromatic rings. The van der Waals surface area contributed by atoms with Crippen LogP contribution < -0.4 is 14.8 Å². The van der Waals surface area contributed by atoms with Crippen LogP contribution in [0, 0.1) is 5.92 Å². The third kappa shape index (κ3) is 6.89. The molecule has 1 heterocycles. The number of aromatic nitrogens is 2. The number of nitrogens with one attached hydrogen (secondary N) is 1.